The van der Waals surface area contributed by atoms with Crippen molar-refractivity contribution < 1.29 is 49.6 Å². The Hall–Kier alpha value is -5.71. The fourth-order valence-electron chi connectivity index (χ4n) is 6.57. The third kappa shape index (κ3) is 11.0. The molecule has 23 heteroatoms. The van der Waals surface area contributed by atoms with Gasteiger partial charge in [0.15, 0.2) is 0 Å². The van der Waals surface area contributed by atoms with Crippen LogP contribution in [-0.2, 0) is 29.6 Å². The van der Waals surface area contributed by atoms with Crippen LogP contribution in [-0.4, -0.2) is 58.6 Å². The normalized spacial score (nSPS) is 13.6. The minimum atomic E-state index is -4.83. The number of hydrazine groups is 2. The number of hydrogen-bond acceptors (Lipinski definition) is 9. The predicted molar refractivity (Wildman–Crippen MR) is 225 cm³/mol. The molecule has 10 N–H and O–H groups in total. The maximum Gasteiger partial charge on any atom is 0.352 e. The molecule has 332 valence electrons. The highest BCUT2D eigenvalue weighted by Gasteiger charge is 2.37. The molecule has 0 radical (unpaired) electrons. The summed E-state index contributed by atoms with van der Waals surface area (Å²) in [4.78, 5) is 63.6. The summed E-state index contributed by atoms with van der Waals surface area (Å²) in [5.74, 6) is -9.07. The second kappa shape index (κ2) is 19.6. The minimum absolute atomic E-state index is 0.0328. The summed E-state index contributed by atoms with van der Waals surface area (Å²) in [6, 6.07) is 6.18. The fourth-order valence-corrected chi connectivity index (χ4v) is 9.85. The van der Waals surface area contributed by atoms with Gasteiger partial charge >= 0.3 is 6.03 Å². The average Bonchev–Trinajstić information content (AvgIpc) is 3.19. The molecule has 6 amide bonds. The van der Waals surface area contributed by atoms with Gasteiger partial charge in [-0.05, 0) is 110 Å². The van der Waals surface area contributed by atoms with E-state index in [1.165, 1.54) is 26.0 Å². The standard InChI is InChI=1S/C39H42Cl2F2N8O9S2/c1-17-7-11-27(42)31(19(17)3)21(5)33(50-61(57,58)29-13-9-23(40)15-25(29)35(44)52)37(54)46-48-39(56)49-47-38(55)34(22(6)32-20(4)18(2)8-12-28(32)43)51-62(59,60)30-14-10-24(41)16-26(30)36(45)53/h7-16,21-22,33-34,50-51H,1-6H3,(H2,44,52)(H2,45,53)(H,46,54)(H,47,55)(H2,48,49,56)/t21-,22-,33+,34+/m1/s1. The number of primary amides is 2. The van der Waals surface area contributed by atoms with Crippen molar-refractivity contribution >= 4 is 72.9 Å². The first-order valence-electron chi connectivity index (χ1n) is 18.2. The number of carbonyl (C=O) groups is 5. The SMILES string of the molecule is Cc1ccc(F)c([C@@H](C)[C@H](NS(=O)(=O)c2ccc(Cl)cc2C(N)=O)C(=O)NNC(=O)NNC(=O)[C@@H](NS(=O)(=O)c2ccc(Cl)cc2C(N)=O)[C@H](C)c2c(F)ccc(C)c2C)c1C. The first-order chi connectivity index (χ1) is 28.8. The lowest BCUT2D eigenvalue weighted by atomic mass is 9.88. The number of hydrogen-bond donors (Lipinski definition) is 8. The number of rotatable bonds is 14. The van der Waals surface area contributed by atoms with Crippen LogP contribution in [0.15, 0.2) is 70.5 Å². The molecular formula is C39H42Cl2F2N8O9S2. The highest BCUT2D eigenvalue weighted by molar-refractivity contribution is 7.90. The number of sulfonamides is 2. The monoisotopic (exact) mass is 938 g/mol. The lowest BCUT2D eigenvalue weighted by Gasteiger charge is -2.27. The third-order valence-electron chi connectivity index (χ3n) is 10.1. The highest BCUT2D eigenvalue weighted by atomic mass is 35.5. The van der Waals surface area contributed by atoms with E-state index in [0.29, 0.717) is 22.3 Å². The smallest absolute Gasteiger partial charge is 0.352 e. The zero-order valence-electron chi connectivity index (χ0n) is 33.7. The summed E-state index contributed by atoms with van der Waals surface area (Å²) in [6.45, 7) is 9.05. The van der Waals surface area contributed by atoms with Gasteiger partial charge in [0.1, 0.15) is 23.7 Å². The lowest BCUT2D eigenvalue weighted by Crippen LogP contribution is -2.59. The Morgan fingerprint density at radius 2 is 0.903 bits per heavy atom. The van der Waals surface area contributed by atoms with E-state index in [4.69, 9.17) is 34.7 Å². The van der Waals surface area contributed by atoms with E-state index in [9.17, 15) is 40.8 Å². The van der Waals surface area contributed by atoms with Crippen LogP contribution in [0.3, 0.4) is 0 Å². The van der Waals surface area contributed by atoms with Crippen LogP contribution in [0.4, 0.5) is 13.6 Å². The molecule has 4 aromatic carbocycles. The molecule has 17 nitrogen and oxygen atoms in total. The maximum absolute atomic E-state index is 15.3. The number of aryl methyl sites for hydroxylation is 2. The molecule has 0 bridgehead atoms. The van der Waals surface area contributed by atoms with Crippen molar-refractivity contribution in [2.45, 2.75) is 75.3 Å². The average molecular weight is 940 g/mol. The molecule has 62 heavy (non-hydrogen) atoms. The van der Waals surface area contributed by atoms with Crippen molar-refractivity contribution in [3.63, 3.8) is 0 Å². The molecule has 0 aliphatic carbocycles. The molecule has 0 aromatic heterocycles. The van der Waals surface area contributed by atoms with Crippen molar-refractivity contribution in [2.24, 2.45) is 11.5 Å². The second-order valence-corrected chi connectivity index (χ2v) is 18.4. The topological polar surface area (TPSA) is 278 Å². The first kappa shape index (κ1) is 49.0. The number of nitrogens with two attached hydrogens (primary N) is 2. The summed E-state index contributed by atoms with van der Waals surface area (Å²) in [5.41, 5.74) is 19.3. The largest absolute Gasteiger partial charge is 0.366 e. The van der Waals surface area contributed by atoms with Gasteiger partial charge in [-0.2, -0.15) is 9.44 Å². The number of carbonyl (C=O) groups excluding carboxylic acids is 5. The Kier molecular flexibility index (Phi) is 15.4. The van der Waals surface area contributed by atoms with Crippen LogP contribution in [0, 0.1) is 39.3 Å². The van der Waals surface area contributed by atoms with Crippen LogP contribution in [0.5, 0.6) is 0 Å². The van der Waals surface area contributed by atoms with Crippen LogP contribution in [0.1, 0.15) is 79.8 Å². The second-order valence-electron chi connectivity index (χ2n) is 14.1. The number of halogens is 4. The fraction of sp³-hybridized carbons (Fsp3) is 0.256. The minimum Gasteiger partial charge on any atom is -0.366 e. The zero-order chi connectivity index (χ0) is 46.6. The third-order valence-corrected chi connectivity index (χ3v) is 13.6. The van der Waals surface area contributed by atoms with Gasteiger partial charge in [0.05, 0.1) is 20.9 Å². The molecular weight excluding hydrogens is 898 g/mol. The van der Waals surface area contributed by atoms with Gasteiger partial charge in [0.25, 0.3) is 11.8 Å². The summed E-state index contributed by atoms with van der Waals surface area (Å²) in [5, 5.41) is -0.0656. The number of urea groups is 1. The van der Waals surface area contributed by atoms with E-state index in [1.54, 1.807) is 27.7 Å². The molecule has 0 fully saturated rings. The Balaban J connectivity index is 1.63. The van der Waals surface area contributed by atoms with Gasteiger partial charge in [-0.25, -0.2) is 41.3 Å². The summed E-state index contributed by atoms with van der Waals surface area (Å²) in [6.07, 6.45) is 0. The number of nitrogens with one attached hydrogen (secondary N) is 6. The van der Waals surface area contributed by atoms with Crippen LogP contribution >= 0.6 is 23.2 Å². The highest BCUT2D eigenvalue weighted by Crippen LogP contribution is 2.31. The van der Waals surface area contributed by atoms with E-state index < -0.39 is 106 Å². The number of amides is 6. The van der Waals surface area contributed by atoms with Crippen LogP contribution < -0.4 is 42.6 Å². The van der Waals surface area contributed by atoms with Gasteiger partial charge in [0, 0.05) is 21.9 Å². The van der Waals surface area contributed by atoms with Gasteiger partial charge < -0.3 is 11.5 Å². The Morgan fingerprint density at radius 1 is 0.565 bits per heavy atom. The summed E-state index contributed by atoms with van der Waals surface area (Å²) < 4.78 is 89.9. The molecule has 0 saturated carbocycles. The first-order valence-corrected chi connectivity index (χ1v) is 21.9. The van der Waals surface area contributed by atoms with Crippen molar-refractivity contribution in [3.05, 3.63) is 127 Å². The molecule has 0 saturated heterocycles. The Morgan fingerprint density at radius 3 is 1.23 bits per heavy atom. The molecule has 0 aliphatic heterocycles. The van der Waals surface area contributed by atoms with E-state index in [-0.39, 0.29) is 21.2 Å². The molecule has 0 spiro atoms. The van der Waals surface area contributed by atoms with E-state index in [2.05, 4.69) is 9.44 Å². The maximum atomic E-state index is 15.3. The summed E-state index contributed by atoms with van der Waals surface area (Å²) in [7, 11) is -9.67. The number of benzene rings is 4. The van der Waals surface area contributed by atoms with Crippen molar-refractivity contribution in [1.29, 1.82) is 0 Å². The molecule has 4 aromatic rings. The molecule has 0 aliphatic rings. The van der Waals surface area contributed by atoms with Crippen LogP contribution in [0.2, 0.25) is 10.0 Å². The Labute approximate surface area is 365 Å². The van der Waals surface area contributed by atoms with Gasteiger partial charge in [0.2, 0.25) is 31.9 Å². The Bertz CT molecular complexity index is 2530. The predicted octanol–water partition coefficient (Wildman–Crippen LogP) is 3.67. The van der Waals surface area contributed by atoms with E-state index in [1.807, 2.05) is 21.7 Å². The molecule has 0 unspecified atom stereocenters. The van der Waals surface area contributed by atoms with Crippen molar-refractivity contribution in [1.82, 2.24) is 31.1 Å². The van der Waals surface area contributed by atoms with Crippen LogP contribution in [0.25, 0.3) is 0 Å². The van der Waals surface area contributed by atoms with Crippen molar-refractivity contribution in [3.8, 4) is 0 Å². The van der Waals surface area contributed by atoms with Gasteiger partial charge in [-0.3, -0.25) is 30.0 Å². The molecule has 4 rings (SSSR count). The van der Waals surface area contributed by atoms with Crippen molar-refractivity contribution in [2.75, 3.05) is 0 Å². The van der Waals surface area contributed by atoms with Gasteiger partial charge in [-0.15, -0.1) is 0 Å². The van der Waals surface area contributed by atoms with E-state index >= 15 is 8.78 Å². The molecule has 0 heterocycles. The molecule has 4 atom stereocenters. The summed E-state index contributed by atoms with van der Waals surface area (Å²) >= 11 is 11.9. The lowest BCUT2D eigenvalue weighted by molar-refractivity contribution is -0.124. The zero-order valence-corrected chi connectivity index (χ0v) is 36.9. The quantitative estimate of drug-likeness (QED) is 0.0856. The van der Waals surface area contributed by atoms with Gasteiger partial charge in [-0.1, -0.05) is 49.2 Å². The van der Waals surface area contributed by atoms with E-state index in [0.717, 1.165) is 48.5 Å².